The van der Waals surface area contributed by atoms with Gasteiger partial charge in [0.05, 0.1) is 15.7 Å². The summed E-state index contributed by atoms with van der Waals surface area (Å²) in [6.07, 6.45) is 1.41. The maximum Gasteiger partial charge on any atom is 0.220 e. The van der Waals surface area contributed by atoms with Gasteiger partial charge in [-0.1, -0.05) is 0 Å². The molecule has 0 saturated heterocycles. The van der Waals surface area contributed by atoms with Crippen LogP contribution in [0.1, 0.15) is 0 Å². The van der Waals surface area contributed by atoms with E-state index < -0.39 is 5.82 Å². The molecule has 0 amide bonds. The summed E-state index contributed by atoms with van der Waals surface area (Å²) in [6.45, 7) is 0. The van der Waals surface area contributed by atoms with E-state index in [2.05, 4.69) is 25.9 Å². The lowest BCUT2D eigenvalue weighted by Crippen LogP contribution is -1.99. The molecule has 14 heavy (non-hydrogen) atoms. The van der Waals surface area contributed by atoms with Crippen molar-refractivity contribution in [2.24, 2.45) is 0 Å². The van der Waals surface area contributed by atoms with E-state index >= 15 is 0 Å². The summed E-state index contributed by atoms with van der Waals surface area (Å²) in [5, 5.41) is 0.458. The van der Waals surface area contributed by atoms with Gasteiger partial charge in [0.1, 0.15) is 0 Å². The van der Waals surface area contributed by atoms with Gasteiger partial charge in [0.25, 0.3) is 0 Å². The first-order valence-electron chi connectivity index (χ1n) is 3.75. The fraction of sp³-hybridized carbons (Fsp3) is 0. The number of rotatable bonds is 0. The summed E-state index contributed by atoms with van der Waals surface area (Å²) in [5.41, 5.74) is 11.5. The predicted octanol–water partition coefficient (Wildman–Crippen LogP) is 1.70. The number of benzene rings is 1. The lowest BCUT2D eigenvalue weighted by Gasteiger charge is -2.04. The molecule has 0 atom stereocenters. The Labute approximate surface area is 87.3 Å². The number of nitrogens with zero attached hydrogens (tertiary/aromatic N) is 2. The van der Waals surface area contributed by atoms with Crippen LogP contribution in [0.2, 0.25) is 0 Å². The van der Waals surface area contributed by atoms with Crippen LogP contribution in [0, 0.1) is 5.82 Å². The number of hydrogen-bond donors (Lipinski definition) is 2. The third kappa shape index (κ3) is 1.27. The Hall–Kier alpha value is -1.43. The zero-order chi connectivity index (χ0) is 10.3. The molecule has 0 spiro atoms. The van der Waals surface area contributed by atoms with Crippen molar-refractivity contribution < 1.29 is 4.39 Å². The molecule has 0 aliphatic heterocycles. The lowest BCUT2D eigenvalue weighted by molar-refractivity contribution is 0.627. The molecule has 2 aromatic rings. The molecule has 0 aliphatic carbocycles. The predicted molar refractivity (Wildman–Crippen MR) is 56.0 cm³/mol. The van der Waals surface area contributed by atoms with Crippen LogP contribution < -0.4 is 11.5 Å². The van der Waals surface area contributed by atoms with Crippen LogP contribution in [-0.4, -0.2) is 9.97 Å². The van der Waals surface area contributed by atoms with Gasteiger partial charge in [-0.15, -0.1) is 0 Å². The van der Waals surface area contributed by atoms with E-state index in [1.54, 1.807) is 0 Å². The second-order valence-corrected chi connectivity index (χ2v) is 3.60. The molecule has 1 aromatic carbocycles. The minimum absolute atomic E-state index is 0.0226. The van der Waals surface area contributed by atoms with Crippen LogP contribution in [0.4, 0.5) is 16.0 Å². The van der Waals surface area contributed by atoms with Crippen molar-refractivity contribution in [2.45, 2.75) is 0 Å². The average Bonchev–Trinajstić information content (AvgIpc) is 2.14. The van der Waals surface area contributed by atoms with Gasteiger partial charge in [-0.3, -0.25) is 0 Å². The molecule has 6 heteroatoms. The quantitative estimate of drug-likeness (QED) is 0.704. The Balaban J connectivity index is 2.91. The largest absolute Gasteiger partial charge is 0.396 e. The molecular weight excluding hydrogens is 251 g/mol. The number of nitrogens with two attached hydrogens (primary N) is 2. The zero-order valence-corrected chi connectivity index (χ0v) is 8.55. The fourth-order valence-corrected chi connectivity index (χ4v) is 1.59. The SMILES string of the molecule is Nc1ncc2c(N)c(F)c(Br)cc2n1. The summed E-state index contributed by atoms with van der Waals surface area (Å²) < 4.78 is 13.6. The van der Waals surface area contributed by atoms with Crippen LogP contribution in [-0.2, 0) is 0 Å². The summed E-state index contributed by atoms with van der Waals surface area (Å²) in [7, 11) is 0. The molecule has 0 unspecified atom stereocenters. The van der Waals surface area contributed by atoms with Gasteiger partial charge in [-0.05, 0) is 22.0 Å². The van der Waals surface area contributed by atoms with Crippen molar-refractivity contribution in [2.75, 3.05) is 11.5 Å². The third-order valence-electron chi connectivity index (χ3n) is 1.84. The Morgan fingerprint density at radius 2 is 2.07 bits per heavy atom. The first-order chi connectivity index (χ1) is 6.59. The highest BCUT2D eigenvalue weighted by molar-refractivity contribution is 9.10. The highest BCUT2D eigenvalue weighted by Gasteiger charge is 2.10. The van der Waals surface area contributed by atoms with Crippen molar-refractivity contribution in [3.05, 3.63) is 22.6 Å². The summed E-state index contributed by atoms with van der Waals surface area (Å²) in [4.78, 5) is 7.67. The van der Waals surface area contributed by atoms with Crippen molar-refractivity contribution in [1.82, 2.24) is 9.97 Å². The van der Waals surface area contributed by atoms with Crippen LogP contribution in [0.15, 0.2) is 16.7 Å². The standard InChI is InChI=1S/C8H6BrFN4/c9-4-1-5-3(7(11)6(4)10)2-13-8(12)14-5/h1-2H,11H2,(H2,12,13,14). The molecule has 1 aromatic heterocycles. The highest BCUT2D eigenvalue weighted by atomic mass is 79.9. The number of fused-ring (bicyclic) bond motifs is 1. The van der Waals surface area contributed by atoms with Gasteiger partial charge in [0, 0.05) is 11.6 Å². The fourth-order valence-electron chi connectivity index (χ4n) is 1.16. The zero-order valence-electron chi connectivity index (χ0n) is 6.96. The highest BCUT2D eigenvalue weighted by Crippen LogP contribution is 2.28. The molecule has 0 aliphatic rings. The maximum absolute atomic E-state index is 13.3. The van der Waals surface area contributed by atoms with Gasteiger partial charge in [-0.2, -0.15) is 0 Å². The van der Waals surface area contributed by atoms with Crippen molar-refractivity contribution in [1.29, 1.82) is 0 Å². The van der Waals surface area contributed by atoms with E-state index in [1.165, 1.54) is 12.3 Å². The number of hydrogen-bond acceptors (Lipinski definition) is 4. The van der Waals surface area contributed by atoms with E-state index in [1.807, 2.05) is 0 Å². The van der Waals surface area contributed by atoms with Gasteiger partial charge in [0.15, 0.2) is 5.82 Å². The molecule has 0 fully saturated rings. The van der Waals surface area contributed by atoms with Gasteiger partial charge >= 0.3 is 0 Å². The summed E-state index contributed by atoms with van der Waals surface area (Å²) >= 11 is 3.04. The molecule has 0 saturated carbocycles. The topological polar surface area (TPSA) is 77.8 Å². The van der Waals surface area contributed by atoms with Crippen LogP contribution >= 0.6 is 15.9 Å². The molecule has 1 heterocycles. The number of anilines is 2. The Bertz CT molecular complexity index is 514. The van der Waals surface area contributed by atoms with Crippen molar-refractivity contribution >= 4 is 38.5 Å². The molecule has 0 bridgehead atoms. The molecule has 2 rings (SSSR count). The maximum atomic E-state index is 13.3. The number of halogens is 2. The minimum Gasteiger partial charge on any atom is -0.396 e. The Morgan fingerprint density at radius 1 is 1.36 bits per heavy atom. The number of aromatic nitrogens is 2. The molecule has 4 N–H and O–H groups in total. The van der Waals surface area contributed by atoms with E-state index in [0.29, 0.717) is 10.9 Å². The summed E-state index contributed by atoms with van der Waals surface area (Å²) in [6, 6.07) is 1.51. The molecular formula is C8H6BrFN4. The smallest absolute Gasteiger partial charge is 0.220 e. The monoisotopic (exact) mass is 256 g/mol. The van der Waals surface area contributed by atoms with Crippen LogP contribution in [0.25, 0.3) is 10.9 Å². The van der Waals surface area contributed by atoms with E-state index in [-0.39, 0.29) is 16.1 Å². The second kappa shape index (κ2) is 3.06. The number of nitrogen functional groups attached to an aromatic ring is 2. The molecule has 4 nitrogen and oxygen atoms in total. The van der Waals surface area contributed by atoms with Gasteiger partial charge in [-0.25, -0.2) is 14.4 Å². The van der Waals surface area contributed by atoms with Crippen molar-refractivity contribution in [3.63, 3.8) is 0 Å². The average molecular weight is 257 g/mol. The Kier molecular flexibility index (Phi) is 1.99. The first kappa shape index (κ1) is 9.14. The van der Waals surface area contributed by atoms with Gasteiger partial charge in [0.2, 0.25) is 5.95 Å². The van der Waals surface area contributed by atoms with Crippen molar-refractivity contribution in [3.8, 4) is 0 Å². The Morgan fingerprint density at radius 3 is 2.79 bits per heavy atom. The first-order valence-corrected chi connectivity index (χ1v) is 4.54. The summed E-state index contributed by atoms with van der Waals surface area (Å²) in [5.74, 6) is -0.374. The lowest BCUT2D eigenvalue weighted by atomic mass is 10.2. The van der Waals surface area contributed by atoms with Crippen LogP contribution in [0.3, 0.4) is 0 Å². The normalized spacial score (nSPS) is 10.7. The second-order valence-electron chi connectivity index (χ2n) is 2.75. The minimum atomic E-state index is -0.508. The molecule has 0 radical (unpaired) electrons. The van der Waals surface area contributed by atoms with Gasteiger partial charge < -0.3 is 11.5 Å². The third-order valence-corrected chi connectivity index (χ3v) is 2.41. The van der Waals surface area contributed by atoms with Crippen LogP contribution in [0.5, 0.6) is 0 Å². The van der Waals surface area contributed by atoms with E-state index in [0.717, 1.165) is 0 Å². The van der Waals surface area contributed by atoms with E-state index in [4.69, 9.17) is 11.5 Å². The molecule has 72 valence electrons. The van der Waals surface area contributed by atoms with E-state index in [9.17, 15) is 4.39 Å².